The molecule has 1 aliphatic rings. The molecule has 7 heteroatoms. The summed E-state index contributed by atoms with van der Waals surface area (Å²) < 4.78 is 7.41. The third-order valence-electron chi connectivity index (χ3n) is 5.19. The predicted molar refractivity (Wildman–Crippen MR) is 109 cm³/mol. The highest BCUT2D eigenvalue weighted by atomic mass is 16.5. The van der Waals surface area contributed by atoms with Crippen molar-refractivity contribution in [2.45, 2.75) is 38.1 Å². The first-order chi connectivity index (χ1) is 13.7. The molecule has 2 heterocycles. The van der Waals surface area contributed by atoms with Gasteiger partial charge in [-0.3, -0.25) is 0 Å². The van der Waals surface area contributed by atoms with Gasteiger partial charge in [-0.05, 0) is 49.2 Å². The zero-order valence-electron chi connectivity index (χ0n) is 16.0. The Hall–Kier alpha value is -3.09. The van der Waals surface area contributed by atoms with Gasteiger partial charge in [-0.15, -0.1) is 0 Å². The van der Waals surface area contributed by atoms with Crippen molar-refractivity contribution in [3.8, 4) is 5.75 Å². The summed E-state index contributed by atoms with van der Waals surface area (Å²) in [6, 6.07) is 11.4. The van der Waals surface area contributed by atoms with E-state index in [0.717, 1.165) is 28.4 Å². The quantitative estimate of drug-likeness (QED) is 0.680. The van der Waals surface area contributed by atoms with Crippen LogP contribution in [0.4, 0.5) is 10.5 Å². The van der Waals surface area contributed by atoms with Crippen molar-refractivity contribution in [1.82, 2.24) is 19.9 Å². The lowest BCUT2D eigenvalue weighted by Gasteiger charge is -2.16. The average Bonchev–Trinajstić information content (AvgIpc) is 3.35. The number of carbonyl (C=O) groups is 1. The first-order valence-corrected chi connectivity index (χ1v) is 9.75. The molecule has 1 fully saturated rings. The molecule has 0 bridgehead atoms. The molecule has 3 aromatic rings. The number of urea groups is 1. The number of carbonyl (C=O) groups excluding carboxylic acids is 1. The second-order valence-electron chi connectivity index (χ2n) is 7.04. The smallest absolute Gasteiger partial charge is 0.319 e. The SMILES string of the molecule is COc1ccc(NC(=O)NCCc2nc3cccnc3n2C2CCCC2)cc1. The molecule has 0 unspecified atom stereocenters. The Kier molecular flexibility index (Phi) is 5.41. The van der Waals surface area contributed by atoms with Crippen LogP contribution < -0.4 is 15.4 Å². The molecule has 0 saturated heterocycles. The van der Waals surface area contributed by atoms with Gasteiger partial charge in [-0.1, -0.05) is 12.8 Å². The molecular weight excluding hydrogens is 354 g/mol. The monoisotopic (exact) mass is 379 g/mol. The maximum atomic E-state index is 12.2. The lowest BCUT2D eigenvalue weighted by atomic mass is 10.2. The van der Waals surface area contributed by atoms with Gasteiger partial charge < -0.3 is 19.9 Å². The van der Waals surface area contributed by atoms with E-state index in [1.54, 1.807) is 7.11 Å². The Morgan fingerprint density at radius 3 is 2.75 bits per heavy atom. The molecule has 0 radical (unpaired) electrons. The summed E-state index contributed by atoms with van der Waals surface area (Å²) >= 11 is 0. The zero-order chi connectivity index (χ0) is 19.3. The molecule has 7 nitrogen and oxygen atoms in total. The largest absolute Gasteiger partial charge is 0.497 e. The second kappa shape index (κ2) is 8.29. The number of hydrogen-bond acceptors (Lipinski definition) is 4. The summed E-state index contributed by atoms with van der Waals surface area (Å²) in [6.07, 6.45) is 7.32. The predicted octanol–water partition coefficient (Wildman–Crippen LogP) is 3.92. The van der Waals surface area contributed by atoms with Crippen LogP contribution in [0.3, 0.4) is 0 Å². The van der Waals surface area contributed by atoms with Crippen LogP contribution in [0.2, 0.25) is 0 Å². The summed E-state index contributed by atoms with van der Waals surface area (Å²) in [5.74, 6) is 1.75. The Morgan fingerprint density at radius 1 is 1.21 bits per heavy atom. The summed E-state index contributed by atoms with van der Waals surface area (Å²) in [6.45, 7) is 0.512. The number of methoxy groups -OCH3 is 1. The first-order valence-electron chi connectivity index (χ1n) is 9.75. The summed E-state index contributed by atoms with van der Waals surface area (Å²) in [7, 11) is 1.61. The minimum Gasteiger partial charge on any atom is -0.497 e. The van der Waals surface area contributed by atoms with Crippen molar-refractivity contribution >= 4 is 22.9 Å². The number of ether oxygens (including phenoxy) is 1. The fourth-order valence-electron chi connectivity index (χ4n) is 3.84. The van der Waals surface area contributed by atoms with Crippen LogP contribution in [0.1, 0.15) is 37.5 Å². The number of nitrogens with zero attached hydrogens (tertiary/aromatic N) is 3. The number of nitrogens with one attached hydrogen (secondary N) is 2. The lowest BCUT2D eigenvalue weighted by Crippen LogP contribution is -2.31. The topological polar surface area (TPSA) is 81.1 Å². The highest BCUT2D eigenvalue weighted by Crippen LogP contribution is 2.33. The van der Waals surface area contributed by atoms with Gasteiger partial charge in [0.15, 0.2) is 5.65 Å². The number of anilines is 1. The molecule has 2 N–H and O–H groups in total. The molecule has 146 valence electrons. The number of rotatable bonds is 6. The van der Waals surface area contributed by atoms with Crippen LogP contribution in [0, 0.1) is 0 Å². The van der Waals surface area contributed by atoms with E-state index in [1.165, 1.54) is 25.7 Å². The molecular formula is C21H25N5O2. The Bertz CT molecular complexity index is 945. The zero-order valence-corrected chi connectivity index (χ0v) is 16.0. The fourth-order valence-corrected chi connectivity index (χ4v) is 3.84. The number of pyridine rings is 1. The standard InChI is InChI=1S/C21H25N5O2/c1-28-17-10-8-15(9-11-17)24-21(27)23-14-12-19-25-18-7-4-13-22-20(18)26(19)16-5-2-3-6-16/h4,7-11,13,16H,2-3,5-6,12,14H2,1H3,(H2,23,24,27). The van der Waals surface area contributed by atoms with Gasteiger partial charge in [0.1, 0.15) is 17.1 Å². The van der Waals surface area contributed by atoms with Gasteiger partial charge in [-0.2, -0.15) is 0 Å². The van der Waals surface area contributed by atoms with Crippen molar-refractivity contribution < 1.29 is 9.53 Å². The third-order valence-corrected chi connectivity index (χ3v) is 5.19. The van der Waals surface area contributed by atoms with Gasteiger partial charge in [0, 0.05) is 30.9 Å². The molecule has 1 saturated carbocycles. The maximum Gasteiger partial charge on any atom is 0.319 e. The van der Waals surface area contributed by atoms with Crippen LogP contribution in [-0.4, -0.2) is 34.2 Å². The molecule has 0 spiro atoms. The number of benzene rings is 1. The van der Waals surface area contributed by atoms with E-state index >= 15 is 0 Å². The van der Waals surface area contributed by atoms with Gasteiger partial charge in [0.2, 0.25) is 0 Å². The van der Waals surface area contributed by atoms with Crippen molar-refractivity contribution in [3.05, 3.63) is 48.4 Å². The number of imidazole rings is 1. The van der Waals surface area contributed by atoms with Crippen LogP contribution >= 0.6 is 0 Å². The van der Waals surface area contributed by atoms with Crippen molar-refractivity contribution in [2.75, 3.05) is 19.0 Å². The van der Waals surface area contributed by atoms with E-state index in [1.807, 2.05) is 42.6 Å². The van der Waals surface area contributed by atoms with Crippen LogP contribution in [-0.2, 0) is 6.42 Å². The van der Waals surface area contributed by atoms with Gasteiger partial charge in [0.25, 0.3) is 0 Å². The van der Waals surface area contributed by atoms with Crippen molar-refractivity contribution in [3.63, 3.8) is 0 Å². The van der Waals surface area contributed by atoms with Crippen LogP contribution in [0.25, 0.3) is 11.2 Å². The van der Waals surface area contributed by atoms with Crippen molar-refractivity contribution in [2.24, 2.45) is 0 Å². The van der Waals surface area contributed by atoms with Crippen molar-refractivity contribution in [1.29, 1.82) is 0 Å². The molecule has 2 amide bonds. The van der Waals surface area contributed by atoms with Gasteiger partial charge in [-0.25, -0.2) is 14.8 Å². The second-order valence-corrected chi connectivity index (χ2v) is 7.04. The highest BCUT2D eigenvalue weighted by Gasteiger charge is 2.23. The van der Waals surface area contributed by atoms with E-state index in [9.17, 15) is 4.79 Å². The van der Waals surface area contributed by atoms with E-state index in [2.05, 4.69) is 20.2 Å². The van der Waals surface area contributed by atoms with E-state index < -0.39 is 0 Å². The van der Waals surface area contributed by atoms with E-state index in [4.69, 9.17) is 9.72 Å². The van der Waals surface area contributed by atoms with Gasteiger partial charge >= 0.3 is 6.03 Å². The molecule has 4 rings (SSSR count). The summed E-state index contributed by atoms with van der Waals surface area (Å²) in [4.78, 5) is 21.5. The molecule has 28 heavy (non-hydrogen) atoms. The number of fused-ring (bicyclic) bond motifs is 1. The highest BCUT2D eigenvalue weighted by molar-refractivity contribution is 5.89. The maximum absolute atomic E-state index is 12.2. The molecule has 0 aliphatic heterocycles. The first kappa shape index (κ1) is 18.3. The van der Waals surface area contributed by atoms with Crippen LogP contribution in [0.15, 0.2) is 42.6 Å². The Morgan fingerprint density at radius 2 is 2.00 bits per heavy atom. The minimum atomic E-state index is -0.230. The fraction of sp³-hybridized carbons (Fsp3) is 0.381. The van der Waals surface area contributed by atoms with E-state index in [0.29, 0.717) is 19.0 Å². The molecule has 1 aliphatic carbocycles. The minimum absolute atomic E-state index is 0.230. The number of aromatic nitrogens is 3. The molecule has 0 atom stereocenters. The number of amides is 2. The van der Waals surface area contributed by atoms with Crippen LogP contribution in [0.5, 0.6) is 5.75 Å². The summed E-state index contributed by atoms with van der Waals surface area (Å²) in [5.41, 5.74) is 2.60. The van der Waals surface area contributed by atoms with Gasteiger partial charge in [0.05, 0.1) is 7.11 Å². The lowest BCUT2D eigenvalue weighted by molar-refractivity contribution is 0.252. The normalized spacial score (nSPS) is 14.3. The molecule has 1 aromatic carbocycles. The average molecular weight is 379 g/mol. The Balaban J connectivity index is 1.39. The number of hydrogen-bond donors (Lipinski definition) is 2. The Labute approximate surface area is 164 Å². The molecule has 2 aromatic heterocycles. The summed E-state index contributed by atoms with van der Waals surface area (Å²) in [5, 5.41) is 5.75. The van der Waals surface area contributed by atoms with E-state index in [-0.39, 0.29) is 6.03 Å². The third kappa shape index (κ3) is 3.93.